The highest BCUT2D eigenvalue weighted by molar-refractivity contribution is 7.89. The molecule has 1 saturated carbocycles. The van der Waals surface area contributed by atoms with Crippen LogP contribution in [0.3, 0.4) is 0 Å². The summed E-state index contributed by atoms with van der Waals surface area (Å²) in [7, 11) is -3.69. The van der Waals surface area contributed by atoms with Crippen LogP contribution >= 0.6 is 0 Å². The maximum atomic E-state index is 16.0. The normalized spacial score (nSPS) is 15.7. The van der Waals surface area contributed by atoms with Crippen LogP contribution in [0.1, 0.15) is 45.9 Å². The zero-order chi connectivity index (χ0) is 26.1. The number of hydrogen-bond donors (Lipinski definition) is 1. The molecule has 7 nitrogen and oxygen atoms in total. The Morgan fingerprint density at radius 1 is 1.00 bits per heavy atom. The Bertz CT molecular complexity index is 1770. The van der Waals surface area contributed by atoms with E-state index in [9.17, 15) is 23.1 Å². The van der Waals surface area contributed by atoms with Crippen molar-refractivity contribution in [3.63, 3.8) is 0 Å². The van der Waals surface area contributed by atoms with Crippen LogP contribution in [0.5, 0.6) is 0 Å². The Hall–Kier alpha value is -3.82. The summed E-state index contributed by atoms with van der Waals surface area (Å²) in [6.45, 7) is 2.29. The summed E-state index contributed by atoms with van der Waals surface area (Å²) < 4.78 is 45.3. The second-order valence-electron chi connectivity index (χ2n) is 9.71. The van der Waals surface area contributed by atoms with Gasteiger partial charge in [-0.3, -0.25) is 4.79 Å². The van der Waals surface area contributed by atoms with E-state index < -0.39 is 27.2 Å². The van der Waals surface area contributed by atoms with Gasteiger partial charge in [0.15, 0.2) is 5.82 Å². The van der Waals surface area contributed by atoms with Crippen LogP contribution in [-0.2, 0) is 23.1 Å². The number of halogens is 1. The molecule has 0 unspecified atom stereocenters. The first kappa shape index (κ1) is 23.6. The summed E-state index contributed by atoms with van der Waals surface area (Å²) >= 11 is 0. The topological polar surface area (TPSA) is 96.7 Å². The Kier molecular flexibility index (Phi) is 5.32. The maximum Gasteiger partial charge on any atom is 0.341 e. The lowest BCUT2D eigenvalue weighted by molar-refractivity contribution is 0.0694. The molecule has 3 aromatic carbocycles. The van der Waals surface area contributed by atoms with Gasteiger partial charge in [0, 0.05) is 36.3 Å². The van der Waals surface area contributed by atoms with Gasteiger partial charge in [0.05, 0.1) is 10.4 Å². The van der Waals surface area contributed by atoms with Crippen LogP contribution < -0.4 is 5.43 Å². The summed E-state index contributed by atoms with van der Waals surface area (Å²) in [5, 5.41) is 9.48. The van der Waals surface area contributed by atoms with E-state index in [0.717, 1.165) is 29.5 Å². The van der Waals surface area contributed by atoms with Crippen molar-refractivity contribution in [3.8, 4) is 11.1 Å². The highest BCUT2D eigenvalue weighted by Gasteiger charge is 2.32. The van der Waals surface area contributed by atoms with Gasteiger partial charge >= 0.3 is 5.97 Å². The number of hydrogen-bond acceptors (Lipinski definition) is 4. The fourth-order valence-electron chi connectivity index (χ4n) is 4.98. The average Bonchev–Trinajstić information content (AvgIpc) is 3.62. The second-order valence-corrected chi connectivity index (χ2v) is 11.6. The zero-order valence-corrected chi connectivity index (χ0v) is 20.8. The van der Waals surface area contributed by atoms with Gasteiger partial charge in [0.2, 0.25) is 15.5 Å². The van der Waals surface area contributed by atoms with Crippen molar-refractivity contribution in [2.45, 2.75) is 43.8 Å². The third kappa shape index (κ3) is 3.86. The number of pyridine rings is 1. The molecule has 0 saturated heterocycles. The summed E-state index contributed by atoms with van der Waals surface area (Å²) in [5.41, 5.74) is 2.44. The first-order chi connectivity index (χ1) is 17.6. The van der Waals surface area contributed by atoms with Gasteiger partial charge in [-0.2, -0.15) is 4.31 Å². The van der Waals surface area contributed by atoms with Crippen molar-refractivity contribution in [2.75, 3.05) is 0 Å². The van der Waals surface area contributed by atoms with Crippen LogP contribution in [0.2, 0.25) is 0 Å². The van der Waals surface area contributed by atoms with Crippen molar-refractivity contribution in [2.24, 2.45) is 0 Å². The predicted molar refractivity (Wildman–Crippen MR) is 136 cm³/mol. The van der Waals surface area contributed by atoms with Crippen LogP contribution in [0.15, 0.2) is 70.5 Å². The molecule has 9 heteroatoms. The van der Waals surface area contributed by atoms with Crippen molar-refractivity contribution < 1.29 is 22.7 Å². The standard InChI is InChI=1S/C28H23FN2O5S/c1-16-2-8-21(9-3-16)37(35,36)30-13-18-5-4-17(12-19(18)14-30)22-10-11-23-26(25(22)29)31(20-6-7-20)15-24(27(23)32)28(33)34/h2-5,8-12,15,20H,6-7,13-14H2,1H3,(H,33,34). The summed E-state index contributed by atoms with van der Waals surface area (Å²) in [6, 6.07) is 15.0. The second kappa shape index (κ2) is 8.36. The Balaban J connectivity index is 1.40. The number of sulfonamides is 1. The fraction of sp³-hybridized carbons (Fsp3) is 0.214. The fourth-order valence-corrected chi connectivity index (χ4v) is 6.38. The number of fused-ring (bicyclic) bond motifs is 2. The van der Waals surface area contributed by atoms with E-state index >= 15 is 4.39 Å². The van der Waals surface area contributed by atoms with Crippen molar-refractivity contribution >= 4 is 26.9 Å². The van der Waals surface area contributed by atoms with Crippen LogP contribution in [0.4, 0.5) is 4.39 Å². The lowest BCUT2D eigenvalue weighted by Gasteiger charge is -2.15. The zero-order valence-electron chi connectivity index (χ0n) is 19.9. The maximum absolute atomic E-state index is 16.0. The molecular weight excluding hydrogens is 495 g/mol. The predicted octanol–water partition coefficient (Wildman–Crippen LogP) is 4.85. The largest absolute Gasteiger partial charge is 0.477 e. The van der Waals surface area contributed by atoms with E-state index in [0.29, 0.717) is 5.56 Å². The van der Waals surface area contributed by atoms with Gasteiger partial charge in [0.1, 0.15) is 5.56 Å². The third-order valence-electron chi connectivity index (χ3n) is 7.17. The van der Waals surface area contributed by atoms with Gasteiger partial charge in [-0.1, -0.05) is 35.9 Å². The lowest BCUT2D eigenvalue weighted by atomic mass is 9.98. The minimum atomic E-state index is -3.69. The van der Waals surface area contributed by atoms with E-state index in [-0.39, 0.29) is 46.1 Å². The molecule has 2 aliphatic rings. The van der Waals surface area contributed by atoms with E-state index in [1.807, 2.05) is 6.92 Å². The molecule has 0 radical (unpaired) electrons. The number of aryl methyl sites for hydroxylation is 1. The van der Waals surface area contributed by atoms with Crippen LogP contribution in [-0.4, -0.2) is 28.4 Å². The number of benzene rings is 3. The third-order valence-corrected chi connectivity index (χ3v) is 8.98. The van der Waals surface area contributed by atoms with Gasteiger partial charge < -0.3 is 9.67 Å². The van der Waals surface area contributed by atoms with E-state index in [4.69, 9.17) is 0 Å². The number of carbonyl (C=O) groups is 1. The highest BCUT2D eigenvalue weighted by Crippen LogP contribution is 2.39. The van der Waals surface area contributed by atoms with E-state index in [1.54, 1.807) is 47.0 Å². The lowest BCUT2D eigenvalue weighted by Crippen LogP contribution is -2.25. The molecule has 6 rings (SSSR count). The number of nitrogens with zero attached hydrogens (tertiary/aromatic N) is 2. The number of rotatable bonds is 5. The van der Waals surface area contributed by atoms with Crippen LogP contribution in [0.25, 0.3) is 22.0 Å². The van der Waals surface area contributed by atoms with Gasteiger partial charge in [-0.15, -0.1) is 0 Å². The Morgan fingerprint density at radius 3 is 2.38 bits per heavy atom. The molecule has 1 N–H and O–H groups in total. The molecule has 1 aliphatic heterocycles. The first-order valence-corrected chi connectivity index (χ1v) is 13.4. The molecule has 1 fully saturated rings. The molecular formula is C28H23FN2O5S. The van der Waals surface area contributed by atoms with Crippen molar-refractivity contribution in [3.05, 3.63) is 99.1 Å². The smallest absolute Gasteiger partial charge is 0.341 e. The van der Waals surface area contributed by atoms with E-state index in [1.165, 1.54) is 22.6 Å². The molecule has 0 amide bonds. The molecule has 4 aromatic rings. The quantitative estimate of drug-likeness (QED) is 0.407. The molecule has 2 heterocycles. The van der Waals surface area contributed by atoms with E-state index in [2.05, 4.69) is 0 Å². The average molecular weight is 519 g/mol. The minimum Gasteiger partial charge on any atom is -0.477 e. The molecule has 37 heavy (non-hydrogen) atoms. The van der Waals surface area contributed by atoms with Gasteiger partial charge in [-0.25, -0.2) is 17.6 Å². The van der Waals surface area contributed by atoms with Gasteiger partial charge in [0.25, 0.3) is 0 Å². The number of aromatic carboxylic acids is 1. The molecule has 1 aliphatic carbocycles. The monoisotopic (exact) mass is 518 g/mol. The molecule has 1 aromatic heterocycles. The SMILES string of the molecule is Cc1ccc(S(=O)(=O)N2Cc3ccc(-c4ccc5c(=O)c(C(=O)O)cn(C6CC6)c5c4F)cc3C2)cc1. The Labute approximate surface area is 212 Å². The summed E-state index contributed by atoms with van der Waals surface area (Å²) in [4.78, 5) is 24.6. The highest BCUT2D eigenvalue weighted by atomic mass is 32.2. The van der Waals surface area contributed by atoms with Crippen molar-refractivity contribution in [1.29, 1.82) is 0 Å². The molecule has 0 atom stereocenters. The summed E-state index contributed by atoms with van der Waals surface area (Å²) in [5.74, 6) is -1.94. The van der Waals surface area contributed by atoms with Gasteiger partial charge in [-0.05, 0) is 60.7 Å². The Morgan fingerprint density at radius 2 is 1.70 bits per heavy atom. The van der Waals surface area contributed by atoms with Crippen molar-refractivity contribution in [1.82, 2.24) is 8.87 Å². The molecule has 0 spiro atoms. The minimum absolute atomic E-state index is 0.0320. The number of carboxylic acid groups (broad SMARTS) is 1. The molecule has 0 bridgehead atoms. The van der Waals surface area contributed by atoms with Crippen LogP contribution in [0, 0.1) is 12.7 Å². The molecule has 188 valence electrons. The number of aromatic nitrogens is 1. The first-order valence-electron chi connectivity index (χ1n) is 11.9. The number of carboxylic acids is 1. The summed E-state index contributed by atoms with van der Waals surface area (Å²) in [6.07, 6.45) is 2.81.